The smallest absolute Gasteiger partial charge is 0.161 e. The van der Waals surface area contributed by atoms with Crippen molar-refractivity contribution in [1.29, 1.82) is 0 Å². The van der Waals surface area contributed by atoms with Crippen molar-refractivity contribution in [3.05, 3.63) is 82.1 Å². The maximum atomic E-state index is 4.81. The Morgan fingerprint density at radius 3 is 2.27 bits per heavy atom. The lowest BCUT2D eigenvalue weighted by Crippen LogP contribution is -2.16. The van der Waals surface area contributed by atoms with Crippen LogP contribution in [-0.4, -0.2) is 15.6 Å². The monoisotopic (exact) mass is 353 g/mol. The van der Waals surface area contributed by atoms with Gasteiger partial charge in [0.15, 0.2) is 5.84 Å². The highest BCUT2D eigenvalue weighted by Crippen LogP contribution is 2.19. The highest BCUT2D eigenvalue weighted by molar-refractivity contribution is 9.10. The molecule has 110 valence electrons. The summed E-state index contributed by atoms with van der Waals surface area (Å²) in [6, 6.07) is 20.1. The van der Waals surface area contributed by atoms with Crippen LogP contribution in [-0.2, 0) is 0 Å². The molecule has 1 heterocycles. The van der Waals surface area contributed by atoms with E-state index in [-0.39, 0.29) is 0 Å². The van der Waals surface area contributed by atoms with Crippen molar-refractivity contribution in [2.75, 3.05) is 0 Å². The minimum absolute atomic E-state index is 0.827. The van der Waals surface area contributed by atoms with E-state index in [4.69, 9.17) is 4.99 Å². The lowest BCUT2D eigenvalue weighted by Gasteiger charge is -2.09. The first-order chi connectivity index (χ1) is 10.6. The number of aliphatic imine (C=N–C) groups is 1. The van der Waals surface area contributed by atoms with Crippen molar-refractivity contribution >= 4 is 27.5 Å². The molecule has 3 rings (SSSR count). The van der Waals surface area contributed by atoms with Gasteiger partial charge in [-0.15, -0.1) is 0 Å². The quantitative estimate of drug-likeness (QED) is 0.476. The van der Waals surface area contributed by atoms with E-state index in [1.54, 1.807) is 0 Å². The molecule has 0 fully saturated rings. The van der Waals surface area contributed by atoms with E-state index in [1.165, 1.54) is 0 Å². The van der Waals surface area contributed by atoms with Gasteiger partial charge in [-0.3, -0.25) is 0 Å². The molecule has 0 saturated heterocycles. The zero-order valence-corrected chi connectivity index (χ0v) is 14.1. The topological polar surface area (TPSA) is 30.2 Å². The summed E-state index contributed by atoms with van der Waals surface area (Å²) in [5.41, 5.74) is 3.99. The van der Waals surface area contributed by atoms with E-state index in [9.17, 15) is 0 Å². The summed E-state index contributed by atoms with van der Waals surface area (Å²) in [6.45, 7) is 4.03. The number of aromatic nitrogens is 2. The molecule has 0 radical (unpaired) electrons. The van der Waals surface area contributed by atoms with Gasteiger partial charge in [-0.2, -0.15) is 5.10 Å². The number of hydrogen-bond acceptors (Lipinski definition) is 2. The van der Waals surface area contributed by atoms with Crippen LogP contribution in [0.3, 0.4) is 0 Å². The summed E-state index contributed by atoms with van der Waals surface area (Å²) in [5.74, 6) is 0.827. The van der Waals surface area contributed by atoms with Crippen LogP contribution in [0.5, 0.6) is 0 Å². The number of halogens is 1. The molecule has 2 aromatic carbocycles. The van der Waals surface area contributed by atoms with Crippen molar-refractivity contribution in [2.24, 2.45) is 4.99 Å². The molecular weight excluding hydrogens is 338 g/mol. The largest absolute Gasteiger partial charge is 0.229 e. The molecule has 0 aliphatic heterocycles. The van der Waals surface area contributed by atoms with Crippen LogP contribution in [0.15, 0.2) is 70.1 Å². The first-order valence-corrected chi connectivity index (χ1v) is 7.86. The molecule has 0 aliphatic carbocycles. The molecule has 3 nitrogen and oxygen atoms in total. The van der Waals surface area contributed by atoms with Crippen LogP contribution in [0, 0.1) is 13.8 Å². The summed E-state index contributed by atoms with van der Waals surface area (Å²) in [5, 5.41) is 4.58. The lowest BCUT2D eigenvalue weighted by molar-refractivity contribution is 0.880. The fourth-order valence-electron chi connectivity index (χ4n) is 2.30. The van der Waals surface area contributed by atoms with Crippen LogP contribution < -0.4 is 0 Å². The molecule has 1 aromatic heterocycles. The van der Waals surface area contributed by atoms with Gasteiger partial charge in [0.1, 0.15) is 0 Å². The Morgan fingerprint density at radius 2 is 1.68 bits per heavy atom. The molecule has 3 aromatic rings. The third kappa shape index (κ3) is 3.17. The number of benzene rings is 2. The Morgan fingerprint density at radius 1 is 1.00 bits per heavy atom. The summed E-state index contributed by atoms with van der Waals surface area (Å²) >= 11 is 3.45. The Hall–Kier alpha value is -2.20. The van der Waals surface area contributed by atoms with Gasteiger partial charge < -0.3 is 0 Å². The molecule has 0 atom stereocenters. The van der Waals surface area contributed by atoms with E-state index in [2.05, 4.69) is 27.1 Å². The van der Waals surface area contributed by atoms with E-state index in [0.29, 0.717) is 0 Å². The third-order valence-corrected chi connectivity index (χ3v) is 3.83. The lowest BCUT2D eigenvalue weighted by atomic mass is 10.2. The van der Waals surface area contributed by atoms with Gasteiger partial charge in [0.25, 0.3) is 0 Å². The van der Waals surface area contributed by atoms with Crippen molar-refractivity contribution < 1.29 is 0 Å². The molecule has 22 heavy (non-hydrogen) atoms. The van der Waals surface area contributed by atoms with Crippen LogP contribution >= 0.6 is 15.9 Å². The molecule has 0 spiro atoms. The zero-order chi connectivity index (χ0) is 15.5. The molecular formula is C18H16BrN3. The summed E-state index contributed by atoms with van der Waals surface area (Å²) in [7, 11) is 0. The molecule has 0 unspecified atom stereocenters. The first kappa shape index (κ1) is 14.7. The minimum Gasteiger partial charge on any atom is -0.229 e. The average molecular weight is 354 g/mol. The fourth-order valence-corrected chi connectivity index (χ4v) is 2.57. The molecule has 0 saturated carbocycles. The van der Waals surface area contributed by atoms with Gasteiger partial charge in [-0.05, 0) is 44.2 Å². The normalized spacial score (nSPS) is 11.7. The van der Waals surface area contributed by atoms with E-state index in [1.807, 2.05) is 73.1 Å². The molecule has 0 N–H and O–H groups in total. The van der Waals surface area contributed by atoms with Gasteiger partial charge in [-0.1, -0.05) is 46.3 Å². The van der Waals surface area contributed by atoms with Crippen molar-refractivity contribution in [3.63, 3.8) is 0 Å². The molecule has 4 heteroatoms. The van der Waals surface area contributed by atoms with Gasteiger partial charge in [0.05, 0.1) is 11.4 Å². The van der Waals surface area contributed by atoms with Crippen molar-refractivity contribution in [1.82, 2.24) is 9.78 Å². The standard InChI is InChI=1S/C18H16BrN3/c1-13-12-14(2)22(21-13)18(15-6-4-3-5-7-15)20-17-10-8-16(19)9-11-17/h3-12H,1-2H3. The maximum Gasteiger partial charge on any atom is 0.161 e. The second-order valence-electron chi connectivity index (χ2n) is 5.12. The predicted molar refractivity (Wildman–Crippen MR) is 93.9 cm³/mol. The average Bonchev–Trinajstić information content (AvgIpc) is 2.86. The Balaban J connectivity index is 2.15. The molecule has 0 aliphatic rings. The predicted octanol–water partition coefficient (Wildman–Crippen LogP) is 4.89. The van der Waals surface area contributed by atoms with Crippen molar-refractivity contribution in [2.45, 2.75) is 13.8 Å². The number of aryl methyl sites for hydroxylation is 2. The van der Waals surface area contributed by atoms with Gasteiger partial charge in [0.2, 0.25) is 0 Å². The molecule has 0 amide bonds. The van der Waals surface area contributed by atoms with Gasteiger partial charge in [-0.25, -0.2) is 9.67 Å². The highest BCUT2D eigenvalue weighted by atomic mass is 79.9. The second kappa shape index (κ2) is 6.28. The number of rotatable bonds is 2. The third-order valence-electron chi connectivity index (χ3n) is 3.30. The fraction of sp³-hybridized carbons (Fsp3) is 0.111. The molecule has 0 bridgehead atoms. The summed E-state index contributed by atoms with van der Waals surface area (Å²) < 4.78 is 2.94. The SMILES string of the molecule is Cc1cc(C)n(C(=Nc2ccc(Br)cc2)c2ccccc2)n1. The van der Waals surface area contributed by atoms with Crippen molar-refractivity contribution in [3.8, 4) is 0 Å². The minimum atomic E-state index is 0.827. The number of hydrogen-bond donors (Lipinski definition) is 0. The zero-order valence-electron chi connectivity index (χ0n) is 12.5. The van der Waals surface area contributed by atoms with E-state index < -0.39 is 0 Å². The Bertz CT molecular complexity index is 802. The van der Waals surface area contributed by atoms with Gasteiger partial charge in [0, 0.05) is 15.7 Å². The van der Waals surface area contributed by atoms with Crippen LogP contribution in [0.2, 0.25) is 0 Å². The second-order valence-corrected chi connectivity index (χ2v) is 6.03. The number of nitrogens with zero attached hydrogens (tertiary/aromatic N) is 3. The van der Waals surface area contributed by atoms with Crippen LogP contribution in [0.4, 0.5) is 5.69 Å². The van der Waals surface area contributed by atoms with Crippen LogP contribution in [0.1, 0.15) is 17.0 Å². The maximum absolute atomic E-state index is 4.81. The van der Waals surface area contributed by atoms with Gasteiger partial charge >= 0.3 is 0 Å². The first-order valence-electron chi connectivity index (χ1n) is 7.07. The highest BCUT2D eigenvalue weighted by Gasteiger charge is 2.11. The Kier molecular flexibility index (Phi) is 4.20. The van der Waals surface area contributed by atoms with E-state index in [0.717, 1.165) is 32.9 Å². The van der Waals surface area contributed by atoms with Crippen LogP contribution in [0.25, 0.3) is 0 Å². The summed E-state index contributed by atoms with van der Waals surface area (Å²) in [4.78, 5) is 4.81. The van der Waals surface area contributed by atoms with E-state index >= 15 is 0 Å². The Labute approximate surface area is 138 Å². The summed E-state index contributed by atoms with van der Waals surface area (Å²) in [6.07, 6.45) is 0.